The molecule has 2 rings (SSSR count). The molecule has 0 saturated heterocycles. The largest absolute Gasteiger partial charge is 0.501 e. The van der Waals surface area contributed by atoms with Crippen LogP contribution in [-0.4, -0.2) is 37.8 Å². The van der Waals surface area contributed by atoms with Crippen LogP contribution in [-0.2, 0) is 19.7 Å². The molecule has 2 heterocycles. The highest BCUT2D eigenvalue weighted by atomic mass is 33.1. The molecule has 0 aliphatic carbocycles. The summed E-state index contributed by atoms with van der Waals surface area (Å²) >= 11 is 0. The van der Waals surface area contributed by atoms with Gasteiger partial charge in [-0.05, 0) is 45.9 Å². The maximum absolute atomic E-state index is 12.4. The van der Waals surface area contributed by atoms with E-state index < -0.39 is 40.5 Å². The van der Waals surface area contributed by atoms with Crippen molar-refractivity contribution in [3.8, 4) is 0 Å². The molecule has 0 aromatic carbocycles. The standard InChI is InChI=1S/C12H6F6N2O4S4/c13-11(14,15)27(21,22)7-1-3-9(19-5-7)25-26-10-4-2-8(6-20-10)28(23,24)12(16,17)18/h1-6H. The third kappa shape index (κ3) is 4.72. The van der Waals surface area contributed by atoms with Crippen molar-refractivity contribution >= 4 is 41.3 Å². The minimum atomic E-state index is -5.53. The molecule has 28 heavy (non-hydrogen) atoms. The Labute approximate surface area is 162 Å². The summed E-state index contributed by atoms with van der Waals surface area (Å²) in [5.41, 5.74) is -10.9. The molecular weight excluding hydrogens is 478 g/mol. The van der Waals surface area contributed by atoms with E-state index in [1.54, 1.807) is 0 Å². The Hall–Kier alpha value is -1.52. The first-order valence-corrected chi connectivity index (χ1v) is 11.7. The number of nitrogens with zero attached hydrogens (tertiary/aromatic N) is 2. The summed E-state index contributed by atoms with van der Waals surface area (Å²) in [7, 11) is -9.43. The average molecular weight is 484 g/mol. The van der Waals surface area contributed by atoms with Gasteiger partial charge in [-0.3, -0.25) is 0 Å². The SMILES string of the molecule is O=S(=O)(c1ccc(SSc2ccc(S(=O)(=O)C(F)(F)F)cn2)nc1)C(F)(F)F. The normalized spacial score (nSPS) is 13.5. The quantitative estimate of drug-likeness (QED) is 0.467. The molecule has 0 aliphatic rings. The topological polar surface area (TPSA) is 94.1 Å². The number of pyridine rings is 2. The fourth-order valence-corrected chi connectivity index (χ4v) is 4.63. The predicted octanol–water partition coefficient (Wildman–Crippen LogP) is 3.86. The van der Waals surface area contributed by atoms with Crippen molar-refractivity contribution in [3.63, 3.8) is 0 Å². The van der Waals surface area contributed by atoms with Crippen LogP contribution in [0.15, 0.2) is 56.5 Å². The van der Waals surface area contributed by atoms with Gasteiger partial charge in [0.2, 0.25) is 0 Å². The molecule has 0 unspecified atom stereocenters. The number of aromatic nitrogens is 2. The fourth-order valence-electron chi connectivity index (χ4n) is 1.50. The summed E-state index contributed by atoms with van der Waals surface area (Å²) in [5, 5.41) is 0.167. The number of alkyl halides is 6. The van der Waals surface area contributed by atoms with E-state index in [1.807, 2.05) is 0 Å². The van der Waals surface area contributed by atoms with Gasteiger partial charge >= 0.3 is 11.0 Å². The van der Waals surface area contributed by atoms with Gasteiger partial charge in [0.25, 0.3) is 19.7 Å². The molecule has 16 heteroatoms. The van der Waals surface area contributed by atoms with Crippen molar-refractivity contribution in [1.29, 1.82) is 0 Å². The number of sulfone groups is 2. The van der Waals surface area contributed by atoms with Gasteiger partial charge in [0.1, 0.15) is 10.1 Å². The molecule has 0 saturated carbocycles. The van der Waals surface area contributed by atoms with Crippen molar-refractivity contribution in [1.82, 2.24) is 9.97 Å². The van der Waals surface area contributed by atoms with Gasteiger partial charge in [0, 0.05) is 12.4 Å². The lowest BCUT2D eigenvalue weighted by Crippen LogP contribution is -2.23. The summed E-state index contributed by atoms with van der Waals surface area (Å²) in [5.74, 6) is 0. The summed E-state index contributed by atoms with van der Waals surface area (Å²) in [6.07, 6.45) is 1.02. The molecular formula is C12H6F6N2O4S4. The first-order chi connectivity index (χ1) is 12.7. The van der Waals surface area contributed by atoms with Crippen molar-refractivity contribution in [3.05, 3.63) is 36.7 Å². The van der Waals surface area contributed by atoms with Crippen molar-refractivity contribution in [2.75, 3.05) is 0 Å². The van der Waals surface area contributed by atoms with E-state index in [1.165, 1.54) is 0 Å². The third-order valence-electron chi connectivity index (χ3n) is 2.86. The second kappa shape index (κ2) is 7.72. The number of hydrogen-bond acceptors (Lipinski definition) is 8. The molecule has 6 nitrogen and oxygen atoms in total. The van der Waals surface area contributed by atoms with Gasteiger partial charge < -0.3 is 0 Å². The van der Waals surface area contributed by atoms with E-state index >= 15 is 0 Å². The highest BCUT2D eigenvalue weighted by molar-refractivity contribution is 8.76. The van der Waals surface area contributed by atoms with Crippen molar-refractivity contribution < 1.29 is 43.2 Å². The van der Waals surface area contributed by atoms with Gasteiger partial charge in [-0.1, -0.05) is 0 Å². The molecule has 2 aromatic rings. The van der Waals surface area contributed by atoms with Crippen LogP contribution in [0, 0.1) is 0 Å². The Morgan fingerprint density at radius 3 is 1.18 bits per heavy atom. The zero-order valence-electron chi connectivity index (χ0n) is 12.9. The molecule has 0 N–H and O–H groups in total. The van der Waals surface area contributed by atoms with E-state index in [0.29, 0.717) is 24.5 Å². The lowest BCUT2D eigenvalue weighted by atomic mass is 10.5. The van der Waals surface area contributed by atoms with Crippen molar-refractivity contribution in [2.45, 2.75) is 30.9 Å². The molecule has 0 fully saturated rings. The lowest BCUT2D eigenvalue weighted by molar-refractivity contribution is -0.0442. The molecule has 154 valence electrons. The summed E-state index contributed by atoms with van der Waals surface area (Å²) < 4.78 is 119. The van der Waals surface area contributed by atoms with Crippen LogP contribution >= 0.6 is 21.6 Å². The first kappa shape index (κ1) is 22.8. The zero-order chi connectivity index (χ0) is 21.4. The Balaban J connectivity index is 2.09. The summed E-state index contributed by atoms with van der Waals surface area (Å²) in [6.45, 7) is 0. The number of rotatable bonds is 5. The maximum atomic E-state index is 12.4. The molecule has 0 bridgehead atoms. The Morgan fingerprint density at radius 2 is 0.964 bits per heavy atom. The molecule has 0 atom stereocenters. The van der Waals surface area contributed by atoms with E-state index in [-0.39, 0.29) is 10.1 Å². The second-order valence-corrected chi connectivity index (χ2v) is 10.8. The van der Waals surface area contributed by atoms with Crippen LogP contribution in [0.25, 0.3) is 0 Å². The highest BCUT2D eigenvalue weighted by Crippen LogP contribution is 2.37. The number of hydrogen-bond donors (Lipinski definition) is 0. The molecule has 0 spiro atoms. The average Bonchev–Trinajstić information content (AvgIpc) is 2.58. The van der Waals surface area contributed by atoms with Gasteiger partial charge in [0.05, 0.1) is 9.79 Å². The van der Waals surface area contributed by atoms with Crippen LogP contribution in [0.5, 0.6) is 0 Å². The number of halogens is 6. The maximum Gasteiger partial charge on any atom is 0.501 e. The van der Waals surface area contributed by atoms with E-state index in [0.717, 1.165) is 33.7 Å². The van der Waals surface area contributed by atoms with Crippen molar-refractivity contribution in [2.24, 2.45) is 0 Å². The monoisotopic (exact) mass is 484 g/mol. The third-order valence-corrected chi connectivity index (χ3v) is 7.99. The zero-order valence-corrected chi connectivity index (χ0v) is 16.2. The second-order valence-electron chi connectivity index (χ2n) is 4.73. The molecule has 0 amide bonds. The van der Waals surface area contributed by atoms with Crippen LogP contribution in [0.4, 0.5) is 26.3 Å². The van der Waals surface area contributed by atoms with E-state index in [2.05, 4.69) is 9.97 Å². The lowest BCUT2D eigenvalue weighted by Gasteiger charge is -2.08. The molecule has 2 aromatic heterocycles. The minimum absolute atomic E-state index is 0.0833. The Morgan fingerprint density at radius 1 is 0.643 bits per heavy atom. The van der Waals surface area contributed by atoms with Crippen LogP contribution < -0.4 is 0 Å². The Kier molecular flexibility index (Phi) is 6.28. The van der Waals surface area contributed by atoms with E-state index in [9.17, 15) is 43.2 Å². The van der Waals surface area contributed by atoms with E-state index in [4.69, 9.17) is 0 Å². The first-order valence-electron chi connectivity index (χ1n) is 6.55. The summed E-state index contributed by atoms with van der Waals surface area (Å²) in [6, 6.07) is 3.40. The summed E-state index contributed by atoms with van der Waals surface area (Å²) in [4.78, 5) is 5.01. The fraction of sp³-hybridized carbons (Fsp3) is 0.167. The van der Waals surface area contributed by atoms with Gasteiger partial charge in [-0.15, -0.1) is 0 Å². The highest BCUT2D eigenvalue weighted by Gasteiger charge is 2.47. The van der Waals surface area contributed by atoms with Crippen LogP contribution in [0.2, 0.25) is 0 Å². The predicted molar refractivity (Wildman–Crippen MR) is 86.7 cm³/mol. The minimum Gasteiger partial charge on any atom is -0.248 e. The van der Waals surface area contributed by atoms with Gasteiger partial charge in [0.15, 0.2) is 0 Å². The smallest absolute Gasteiger partial charge is 0.248 e. The van der Waals surface area contributed by atoms with Gasteiger partial charge in [-0.25, -0.2) is 26.8 Å². The van der Waals surface area contributed by atoms with Crippen LogP contribution in [0.1, 0.15) is 0 Å². The molecule has 0 aliphatic heterocycles. The Bertz CT molecular complexity index is 962. The van der Waals surface area contributed by atoms with Crippen LogP contribution in [0.3, 0.4) is 0 Å². The molecule has 0 radical (unpaired) electrons. The van der Waals surface area contributed by atoms with Gasteiger partial charge in [-0.2, -0.15) is 26.3 Å².